The van der Waals surface area contributed by atoms with Gasteiger partial charge in [-0.2, -0.15) is 0 Å². The van der Waals surface area contributed by atoms with E-state index < -0.39 is 0 Å². The number of halogens is 2. The number of nitrogens with zero attached hydrogens (tertiary/aromatic N) is 1. The van der Waals surface area contributed by atoms with Crippen LogP contribution in [0.1, 0.15) is 45.6 Å². The minimum atomic E-state index is 0.579. The molecule has 1 aromatic rings. The summed E-state index contributed by atoms with van der Waals surface area (Å²) >= 11 is 13.0. The van der Waals surface area contributed by atoms with Gasteiger partial charge in [0.15, 0.2) is 0 Å². The lowest BCUT2D eigenvalue weighted by Crippen LogP contribution is -2.00. The van der Waals surface area contributed by atoms with Crippen molar-refractivity contribution in [1.29, 1.82) is 5.41 Å². The van der Waals surface area contributed by atoms with E-state index in [2.05, 4.69) is 31.2 Å². The normalized spacial score (nSPS) is 12.8. The van der Waals surface area contributed by atoms with Gasteiger partial charge in [0.25, 0.3) is 0 Å². The first-order chi connectivity index (χ1) is 14.8. The molecule has 0 unspecified atom stereocenters. The van der Waals surface area contributed by atoms with Gasteiger partial charge in [0.05, 0.1) is 0 Å². The Hall–Kier alpha value is -2.42. The van der Waals surface area contributed by atoms with Gasteiger partial charge in [-0.05, 0) is 60.8 Å². The number of allylic oxidation sites excluding steroid dienone is 10. The van der Waals surface area contributed by atoms with Crippen LogP contribution in [0.2, 0.25) is 10.0 Å². The first-order valence-electron chi connectivity index (χ1n) is 10.3. The molecular weight excluding hydrogens is 423 g/mol. The van der Waals surface area contributed by atoms with Gasteiger partial charge < -0.3 is 5.41 Å². The van der Waals surface area contributed by atoms with Crippen LogP contribution in [0, 0.1) is 5.41 Å². The van der Waals surface area contributed by atoms with E-state index in [1.807, 2.05) is 44.2 Å². The van der Waals surface area contributed by atoms with Crippen molar-refractivity contribution < 1.29 is 0 Å². The molecule has 0 heterocycles. The second kappa shape index (κ2) is 13.8. The fourth-order valence-corrected chi connectivity index (χ4v) is 3.70. The van der Waals surface area contributed by atoms with Crippen molar-refractivity contribution in [3.05, 3.63) is 99.1 Å². The predicted octanol–water partition coefficient (Wildman–Crippen LogP) is 8.85. The number of hydrogen-bond acceptors (Lipinski definition) is 2. The summed E-state index contributed by atoms with van der Waals surface area (Å²) in [6, 6.07) is 5.49. The monoisotopic (exact) mass is 454 g/mol. The zero-order valence-corrected chi connectivity index (χ0v) is 20.4. The van der Waals surface area contributed by atoms with Gasteiger partial charge in [-0.15, -0.1) is 0 Å². The van der Waals surface area contributed by atoms with E-state index in [9.17, 15) is 0 Å². The molecule has 0 saturated heterocycles. The second-order valence-corrected chi connectivity index (χ2v) is 8.06. The zero-order chi connectivity index (χ0) is 23.4. The van der Waals surface area contributed by atoms with Crippen LogP contribution in [-0.2, 0) is 0 Å². The Balaban J connectivity index is 3.73. The fourth-order valence-electron chi connectivity index (χ4n) is 3.09. The SMILES string of the molecule is C=C/C(C(C=N)=C(C)C)=C(\C=N/C)C(=C)/C=C(\C=C\CCCC)c1c(Cl)cccc1Cl. The van der Waals surface area contributed by atoms with Gasteiger partial charge in [-0.3, -0.25) is 4.99 Å². The topological polar surface area (TPSA) is 36.2 Å². The number of nitrogens with one attached hydrogen (secondary N) is 1. The molecule has 4 heteroatoms. The third-order valence-corrected chi connectivity index (χ3v) is 5.30. The van der Waals surface area contributed by atoms with Crippen LogP contribution in [0.5, 0.6) is 0 Å². The van der Waals surface area contributed by atoms with E-state index >= 15 is 0 Å². The van der Waals surface area contributed by atoms with Gasteiger partial charge >= 0.3 is 0 Å². The molecule has 0 aromatic heterocycles. The van der Waals surface area contributed by atoms with Gasteiger partial charge in [-0.25, -0.2) is 0 Å². The number of unbranched alkanes of at least 4 members (excludes halogenated alkanes) is 2. The standard InChI is InChI=1S/C27H32Cl2N2/c1-7-9-10-11-13-21(27-25(28)14-12-15-26(27)29)16-20(5)24(18-31-6)22(8-2)23(17-30)19(3)4/h8,11-18,30H,2,5,7,9-10H2,1,3-4,6H3/b13-11+,21-16+,24-22-,30-17?,31-18-. The molecule has 1 aromatic carbocycles. The Labute approximate surface area is 197 Å². The Bertz CT molecular complexity index is 949. The summed E-state index contributed by atoms with van der Waals surface area (Å²) in [7, 11) is 1.71. The van der Waals surface area contributed by atoms with Crippen LogP contribution in [-0.4, -0.2) is 19.5 Å². The number of rotatable bonds is 11. The quantitative estimate of drug-likeness (QED) is 0.197. The molecule has 1 rings (SSSR count). The third kappa shape index (κ3) is 7.65. The molecular formula is C27H32Cl2N2. The summed E-state index contributed by atoms with van der Waals surface area (Å²) in [5.41, 5.74) is 5.76. The van der Waals surface area contributed by atoms with E-state index in [4.69, 9.17) is 28.6 Å². The molecule has 164 valence electrons. The summed E-state index contributed by atoms with van der Waals surface area (Å²) in [6.45, 7) is 14.4. The molecule has 0 atom stereocenters. The molecule has 0 aliphatic heterocycles. The molecule has 0 saturated carbocycles. The van der Waals surface area contributed by atoms with E-state index in [0.29, 0.717) is 10.0 Å². The smallest absolute Gasteiger partial charge is 0.0499 e. The van der Waals surface area contributed by atoms with E-state index in [-0.39, 0.29) is 0 Å². The molecule has 0 aliphatic rings. The first-order valence-corrected chi connectivity index (χ1v) is 11.1. The highest BCUT2D eigenvalue weighted by atomic mass is 35.5. The van der Waals surface area contributed by atoms with Gasteiger partial charge in [0.2, 0.25) is 0 Å². The molecule has 0 aliphatic carbocycles. The summed E-state index contributed by atoms with van der Waals surface area (Å²) in [5.74, 6) is 0. The van der Waals surface area contributed by atoms with Crippen LogP contribution in [0.15, 0.2) is 88.5 Å². The van der Waals surface area contributed by atoms with Crippen molar-refractivity contribution in [1.82, 2.24) is 0 Å². The lowest BCUT2D eigenvalue weighted by molar-refractivity contribution is 0.815. The maximum absolute atomic E-state index is 7.85. The van der Waals surface area contributed by atoms with E-state index in [1.165, 1.54) is 6.21 Å². The van der Waals surface area contributed by atoms with Crippen LogP contribution in [0.25, 0.3) is 5.57 Å². The van der Waals surface area contributed by atoms with Crippen LogP contribution >= 0.6 is 23.2 Å². The van der Waals surface area contributed by atoms with Gasteiger partial charge in [0, 0.05) is 40.7 Å². The molecule has 2 nitrogen and oxygen atoms in total. The molecule has 0 bridgehead atoms. The molecule has 0 fully saturated rings. The minimum Gasteiger partial charge on any atom is -0.308 e. The predicted molar refractivity (Wildman–Crippen MR) is 141 cm³/mol. The lowest BCUT2D eigenvalue weighted by atomic mass is 9.91. The Morgan fingerprint density at radius 2 is 1.77 bits per heavy atom. The number of aliphatic imine (C=N–C) groups is 1. The van der Waals surface area contributed by atoms with E-state index in [0.717, 1.165) is 58.3 Å². The highest BCUT2D eigenvalue weighted by molar-refractivity contribution is 6.37. The summed E-state index contributed by atoms with van der Waals surface area (Å²) in [4.78, 5) is 4.22. The van der Waals surface area contributed by atoms with Gasteiger partial charge in [-0.1, -0.05) is 86.0 Å². The Morgan fingerprint density at radius 1 is 1.13 bits per heavy atom. The summed E-state index contributed by atoms with van der Waals surface area (Å²) < 4.78 is 0. The summed E-state index contributed by atoms with van der Waals surface area (Å²) in [6.07, 6.45) is 14.2. The molecule has 0 radical (unpaired) electrons. The molecule has 0 spiro atoms. The molecule has 0 amide bonds. The molecule has 31 heavy (non-hydrogen) atoms. The van der Waals surface area contributed by atoms with Crippen molar-refractivity contribution in [3.63, 3.8) is 0 Å². The van der Waals surface area contributed by atoms with Crippen molar-refractivity contribution in [3.8, 4) is 0 Å². The van der Waals surface area contributed by atoms with Crippen molar-refractivity contribution in [2.45, 2.75) is 40.0 Å². The fraction of sp³-hybridized carbons (Fsp3) is 0.259. The average molecular weight is 455 g/mol. The first kappa shape index (κ1) is 26.6. The lowest BCUT2D eigenvalue weighted by Gasteiger charge is -2.14. The van der Waals surface area contributed by atoms with Crippen molar-refractivity contribution >= 4 is 41.2 Å². The van der Waals surface area contributed by atoms with Crippen molar-refractivity contribution in [2.24, 2.45) is 4.99 Å². The summed E-state index contributed by atoms with van der Waals surface area (Å²) in [5, 5.41) is 9.01. The second-order valence-electron chi connectivity index (χ2n) is 7.24. The maximum Gasteiger partial charge on any atom is 0.0499 e. The largest absolute Gasteiger partial charge is 0.308 e. The van der Waals surface area contributed by atoms with Crippen LogP contribution < -0.4 is 0 Å². The maximum atomic E-state index is 7.85. The van der Waals surface area contributed by atoms with Crippen molar-refractivity contribution in [2.75, 3.05) is 7.05 Å². The number of hydrogen-bond donors (Lipinski definition) is 1. The van der Waals surface area contributed by atoms with Crippen LogP contribution in [0.3, 0.4) is 0 Å². The Kier molecular flexibility index (Phi) is 11.8. The molecule has 1 N–H and O–H groups in total. The van der Waals surface area contributed by atoms with E-state index in [1.54, 1.807) is 19.3 Å². The zero-order valence-electron chi connectivity index (χ0n) is 18.9. The highest BCUT2D eigenvalue weighted by Gasteiger charge is 2.13. The van der Waals surface area contributed by atoms with Crippen LogP contribution in [0.4, 0.5) is 0 Å². The highest BCUT2D eigenvalue weighted by Crippen LogP contribution is 2.34. The number of benzene rings is 1. The Morgan fingerprint density at radius 3 is 2.26 bits per heavy atom. The van der Waals surface area contributed by atoms with Gasteiger partial charge in [0.1, 0.15) is 0 Å². The third-order valence-electron chi connectivity index (χ3n) is 4.67. The average Bonchev–Trinajstić information content (AvgIpc) is 2.72. The minimum absolute atomic E-state index is 0.579.